The van der Waals surface area contributed by atoms with E-state index in [2.05, 4.69) is 27.3 Å². The second-order valence-electron chi connectivity index (χ2n) is 5.93. The lowest BCUT2D eigenvalue weighted by Gasteiger charge is -2.33. The molecule has 1 atom stereocenters. The Hall–Kier alpha value is -2.26. The first-order valence-electron chi connectivity index (χ1n) is 7.68. The number of nitrogens with one attached hydrogen (secondary N) is 1. The van der Waals surface area contributed by atoms with E-state index in [9.17, 15) is 15.2 Å². The van der Waals surface area contributed by atoms with Crippen molar-refractivity contribution in [2.45, 2.75) is 32.1 Å². The number of ether oxygens (including phenoxy) is 1. The van der Waals surface area contributed by atoms with Crippen LogP contribution < -0.4 is 10.1 Å². The molecule has 1 aliphatic carbocycles. The lowest BCUT2D eigenvalue weighted by Crippen LogP contribution is -2.31. The molecule has 5 nitrogen and oxygen atoms in total. The molecule has 0 aromatic heterocycles. The molecule has 2 N–H and O–H groups in total. The summed E-state index contributed by atoms with van der Waals surface area (Å²) in [5.41, 5.74) is 3.58. The van der Waals surface area contributed by atoms with Crippen molar-refractivity contribution in [3.05, 3.63) is 44.7 Å². The van der Waals surface area contributed by atoms with E-state index in [0.717, 1.165) is 29.8 Å². The molecule has 6 heteroatoms. The van der Waals surface area contributed by atoms with Crippen molar-refractivity contribution < 1.29 is 14.6 Å². The first kappa shape index (κ1) is 16.6. The summed E-state index contributed by atoms with van der Waals surface area (Å²) in [6.45, 7) is 1.85. The Morgan fingerprint density at radius 3 is 2.83 bits per heavy atom. The maximum Gasteiger partial charge on any atom is 0.172 e. The van der Waals surface area contributed by atoms with Crippen molar-refractivity contribution in [3.63, 3.8) is 0 Å². The molecule has 0 saturated heterocycles. The van der Waals surface area contributed by atoms with E-state index in [4.69, 9.17) is 4.74 Å². The number of phenolic OH excluding ortho intramolecular Hbond substituents is 1. The van der Waals surface area contributed by atoms with Gasteiger partial charge in [0.05, 0.1) is 29.1 Å². The van der Waals surface area contributed by atoms with Crippen LogP contribution in [0, 0.1) is 11.3 Å². The number of dihydropyridines is 1. The number of halogens is 1. The summed E-state index contributed by atoms with van der Waals surface area (Å²) < 4.78 is 5.69. The molecular weight excluding hydrogens is 372 g/mol. The minimum Gasteiger partial charge on any atom is -0.503 e. The molecule has 0 bridgehead atoms. The molecule has 1 heterocycles. The van der Waals surface area contributed by atoms with Gasteiger partial charge in [-0.2, -0.15) is 5.26 Å². The number of ketones is 1. The number of hydrogen-bond acceptors (Lipinski definition) is 5. The van der Waals surface area contributed by atoms with Gasteiger partial charge in [0.1, 0.15) is 0 Å². The summed E-state index contributed by atoms with van der Waals surface area (Å²) in [6.07, 6.45) is 2.10. The molecule has 2 aliphatic rings. The lowest BCUT2D eigenvalue weighted by atomic mass is 9.75. The number of nitriles is 1. The Morgan fingerprint density at radius 2 is 2.17 bits per heavy atom. The summed E-state index contributed by atoms with van der Waals surface area (Å²) in [5, 5.41) is 22.9. The highest BCUT2D eigenvalue weighted by molar-refractivity contribution is 9.10. The fourth-order valence-corrected chi connectivity index (χ4v) is 3.84. The number of Topliss-reactive ketones (excluding diaryl/α,β-unsaturated/α-hetero) is 1. The lowest BCUT2D eigenvalue weighted by molar-refractivity contribution is -0.116. The third kappa shape index (κ3) is 2.59. The van der Waals surface area contributed by atoms with Gasteiger partial charge < -0.3 is 15.2 Å². The maximum atomic E-state index is 12.6. The Bertz CT molecular complexity index is 833. The molecule has 1 unspecified atom stereocenters. The molecule has 0 amide bonds. The van der Waals surface area contributed by atoms with Crippen LogP contribution in [0.3, 0.4) is 0 Å². The van der Waals surface area contributed by atoms with E-state index in [1.165, 1.54) is 7.11 Å². The topological polar surface area (TPSA) is 82.3 Å². The highest BCUT2D eigenvalue weighted by Gasteiger charge is 2.36. The first-order valence-corrected chi connectivity index (χ1v) is 8.47. The summed E-state index contributed by atoms with van der Waals surface area (Å²) >= 11 is 3.32. The minimum atomic E-state index is -0.440. The van der Waals surface area contributed by atoms with Gasteiger partial charge in [0, 0.05) is 23.4 Å². The van der Waals surface area contributed by atoms with Gasteiger partial charge >= 0.3 is 0 Å². The van der Waals surface area contributed by atoms with Gasteiger partial charge in [-0.1, -0.05) is 0 Å². The van der Waals surface area contributed by atoms with E-state index in [1.807, 2.05) is 6.92 Å². The number of methoxy groups -OCH3 is 1. The van der Waals surface area contributed by atoms with Crippen LogP contribution >= 0.6 is 15.9 Å². The number of allylic oxidation sites excluding steroid dienone is 4. The molecule has 0 saturated carbocycles. The zero-order valence-corrected chi connectivity index (χ0v) is 15.0. The van der Waals surface area contributed by atoms with Gasteiger partial charge in [-0.25, -0.2) is 0 Å². The van der Waals surface area contributed by atoms with Gasteiger partial charge in [-0.15, -0.1) is 0 Å². The molecule has 0 fully saturated rings. The number of phenols is 1. The third-order valence-electron chi connectivity index (χ3n) is 4.50. The van der Waals surface area contributed by atoms with Gasteiger partial charge in [0.25, 0.3) is 0 Å². The molecule has 1 aromatic rings. The van der Waals surface area contributed by atoms with E-state index in [0.29, 0.717) is 27.8 Å². The number of rotatable bonds is 2. The van der Waals surface area contributed by atoms with Crippen LogP contribution in [-0.4, -0.2) is 18.0 Å². The van der Waals surface area contributed by atoms with Crippen LogP contribution in [-0.2, 0) is 4.79 Å². The van der Waals surface area contributed by atoms with Gasteiger partial charge in [-0.05, 0) is 53.4 Å². The van der Waals surface area contributed by atoms with E-state index < -0.39 is 5.92 Å². The first-order chi connectivity index (χ1) is 11.5. The zero-order valence-electron chi connectivity index (χ0n) is 13.4. The Morgan fingerprint density at radius 1 is 1.42 bits per heavy atom. The summed E-state index contributed by atoms with van der Waals surface area (Å²) in [6, 6.07) is 5.67. The standard InChI is InChI=1S/C18H17BrN2O3/c1-9-11(8-20)16(17-13(21-9)4-3-5-14(17)22)10-6-12(19)18(23)15(7-10)24-2/h6-7,16,21,23H,3-5H2,1-2H3. The monoisotopic (exact) mass is 388 g/mol. The molecule has 0 radical (unpaired) electrons. The van der Waals surface area contributed by atoms with Crippen LogP contribution in [0.1, 0.15) is 37.7 Å². The SMILES string of the molecule is COc1cc(C2C(C#N)=C(C)NC3=C2C(=O)CCC3)cc(Br)c1O. The maximum absolute atomic E-state index is 12.6. The second-order valence-corrected chi connectivity index (χ2v) is 6.79. The van der Waals surface area contributed by atoms with Crippen molar-refractivity contribution in [2.24, 2.45) is 0 Å². The van der Waals surface area contributed by atoms with Gasteiger partial charge in [0.2, 0.25) is 0 Å². The molecule has 124 valence electrons. The van der Waals surface area contributed by atoms with E-state index >= 15 is 0 Å². The average Bonchev–Trinajstić information content (AvgIpc) is 2.56. The highest BCUT2D eigenvalue weighted by Crippen LogP contribution is 2.45. The normalized spacial score (nSPS) is 20.4. The fourth-order valence-electron chi connectivity index (χ4n) is 3.38. The Balaban J connectivity index is 2.23. The number of benzene rings is 1. The van der Waals surface area contributed by atoms with Crippen molar-refractivity contribution in [3.8, 4) is 17.6 Å². The van der Waals surface area contributed by atoms with Crippen LogP contribution in [0.15, 0.2) is 39.1 Å². The van der Waals surface area contributed by atoms with Crippen LogP contribution in [0.2, 0.25) is 0 Å². The number of hydrogen-bond donors (Lipinski definition) is 2. The van der Waals surface area contributed by atoms with Crippen LogP contribution in [0.25, 0.3) is 0 Å². The summed E-state index contributed by atoms with van der Waals surface area (Å²) in [4.78, 5) is 12.6. The van der Waals surface area contributed by atoms with Crippen LogP contribution in [0.4, 0.5) is 0 Å². The quantitative estimate of drug-likeness (QED) is 0.807. The molecule has 1 aromatic carbocycles. The van der Waals surface area contributed by atoms with Crippen molar-refractivity contribution >= 4 is 21.7 Å². The Kier molecular flexibility index (Phi) is 4.37. The van der Waals surface area contributed by atoms with Crippen molar-refractivity contribution in [1.82, 2.24) is 5.32 Å². The van der Waals surface area contributed by atoms with E-state index in [1.54, 1.807) is 12.1 Å². The number of carbonyl (C=O) groups is 1. The number of nitrogens with zero attached hydrogens (tertiary/aromatic N) is 1. The predicted molar refractivity (Wildman–Crippen MR) is 92.4 cm³/mol. The summed E-state index contributed by atoms with van der Waals surface area (Å²) in [5.74, 6) is -0.0705. The fraction of sp³-hybridized carbons (Fsp3) is 0.333. The van der Waals surface area contributed by atoms with Gasteiger partial charge in [0.15, 0.2) is 17.3 Å². The number of aromatic hydroxyl groups is 1. The van der Waals surface area contributed by atoms with Gasteiger partial charge in [-0.3, -0.25) is 4.79 Å². The molecule has 3 rings (SSSR count). The average molecular weight is 389 g/mol. The second kappa shape index (κ2) is 6.33. The predicted octanol–water partition coefficient (Wildman–Crippen LogP) is 3.65. The molecular formula is C18H17BrN2O3. The highest BCUT2D eigenvalue weighted by atomic mass is 79.9. The smallest absolute Gasteiger partial charge is 0.172 e. The molecule has 0 spiro atoms. The third-order valence-corrected chi connectivity index (χ3v) is 5.10. The van der Waals surface area contributed by atoms with Crippen LogP contribution in [0.5, 0.6) is 11.5 Å². The molecule has 24 heavy (non-hydrogen) atoms. The zero-order chi connectivity index (χ0) is 17.4. The van der Waals surface area contributed by atoms with Crippen molar-refractivity contribution in [1.29, 1.82) is 5.26 Å². The molecule has 1 aliphatic heterocycles. The van der Waals surface area contributed by atoms with E-state index in [-0.39, 0.29) is 11.5 Å². The summed E-state index contributed by atoms with van der Waals surface area (Å²) in [7, 11) is 1.47. The van der Waals surface area contributed by atoms with Crippen molar-refractivity contribution in [2.75, 3.05) is 7.11 Å². The Labute approximate surface area is 148 Å². The largest absolute Gasteiger partial charge is 0.503 e. The number of carbonyl (C=O) groups excluding carboxylic acids is 1. The minimum absolute atomic E-state index is 0.00133.